The van der Waals surface area contributed by atoms with Crippen LogP contribution in [0.1, 0.15) is 44.7 Å². The van der Waals surface area contributed by atoms with Gasteiger partial charge in [-0.15, -0.1) is 0 Å². The van der Waals surface area contributed by atoms with E-state index in [1.54, 1.807) is 19.2 Å². The molecule has 0 bridgehead atoms. The van der Waals surface area contributed by atoms with Gasteiger partial charge >= 0.3 is 0 Å². The molecular weight excluding hydrogens is 403 g/mol. The van der Waals surface area contributed by atoms with E-state index in [0.29, 0.717) is 18.4 Å². The lowest BCUT2D eigenvalue weighted by atomic mass is 9.88. The van der Waals surface area contributed by atoms with E-state index in [2.05, 4.69) is 35.8 Å². The molecule has 174 valence electrons. The molecule has 1 aliphatic rings. The molecule has 1 fully saturated rings. The first-order valence-corrected chi connectivity index (χ1v) is 11.7. The molecule has 4 nitrogen and oxygen atoms in total. The predicted molar refractivity (Wildman–Crippen MR) is 127 cm³/mol. The molecule has 0 unspecified atom stereocenters. The number of rotatable bonds is 9. The molecule has 5 heteroatoms. The minimum Gasteiger partial charge on any atom is -0.497 e. The van der Waals surface area contributed by atoms with E-state index >= 15 is 0 Å². The monoisotopic (exact) mass is 440 g/mol. The number of halogens is 1. The molecular formula is C27H37FN2O2. The number of amides is 1. The van der Waals surface area contributed by atoms with Crippen molar-refractivity contribution in [3.05, 3.63) is 65.5 Å². The summed E-state index contributed by atoms with van der Waals surface area (Å²) in [6, 6.07) is 15.1. The molecule has 0 aromatic heterocycles. The fourth-order valence-corrected chi connectivity index (χ4v) is 4.76. The zero-order valence-corrected chi connectivity index (χ0v) is 20.1. The Morgan fingerprint density at radius 2 is 1.88 bits per heavy atom. The summed E-state index contributed by atoms with van der Waals surface area (Å²) in [6.07, 6.45) is 0. The van der Waals surface area contributed by atoms with Crippen molar-refractivity contribution < 1.29 is 13.9 Å². The number of nitrogens with zero attached hydrogens (tertiary/aromatic N) is 2. The zero-order chi connectivity index (χ0) is 23.3. The highest BCUT2D eigenvalue weighted by molar-refractivity contribution is 5.78. The maximum Gasteiger partial charge on any atom is 0.225 e. The maximum atomic E-state index is 13.7. The molecule has 2 aromatic rings. The number of likely N-dealkylation sites (tertiary alicyclic amines) is 1. The molecule has 2 aromatic carbocycles. The van der Waals surface area contributed by atoms with Crippen molar-refractivity contribution in [3.63, 3.8) is 0 Å². The Labute approximate surface area is 192 Å². The van der Waals surface area contributed by atoms with Crippen molar-refractivity contribution in [2.45, 2.75) is 40.2 Å². The number of hydrogen-bond donors (Lipinski definition) is 0. The van der Waals surface area contributed by atoms with Crippen LogP contribution < -0.4 is 4.74 Å². The number of carbonyl (C=O) groups excluding carboxylic acids is 1. The average Bonchev–Trinajstić information content (AvgIpc) is 3.14. The summed E-state index contributed by atoms with van der Waals surface area (Å²) in [6.45, 7) is 12.2. The van der Waals surface area contributed by atoms with Gasteiger partial charge in [0, 0.05) is 44.6 Å². The third-order valence-corrected chi connectivity index (χ3v) is 6.18. The van der Waals surface area contributed by atoms with Gasteiger partial charge in [0.15, 0.2) is 0 Å². The van der Waals surface area contributed by atoms with E-state index in [1.165, 1.54) is 11.6 Å². The zero-order valence-electron chi connectivity index (χ0n) is 20.1. The molecule has 1 aliphatic heterocycles. The second kappa shape index (κ2) is 11.0. The summed E-state index contributed by atoms with van der Waals surface area (Å²) >= 11 is 0. The second-order valence-electron chi connectivity index (χ2n) is 9.76. The van der Waals surface area contributed by atoms with Crippen molar-refractivity contribution in [1.82, 2.24) is 9.80 Å². The van der Waals surface area contributed by atoms with Crippen molar-refractivity contribution in [3.8, 4) is 5.75 Å². The Morgan fingerprint density at radius 3 is 2.53 bits per heavy atom. The van der Waals surface area contributed by atoms with Gasteiger partial charge in [0.1, 0.15) is 11.6 Å². The van der Waals surface area contributed by atoms with Gasteiger partial charge in [-0.05, 0) is 47.2 Å². The molecule has 3 rings (SSSR count). The molecule has 0 N–H and O–H groups in total. The summed E-state index contributed by atoms with van der Waals surface area (Å²) in [5.41, 5.74) is 2.21. The number of carbonyl (C=O) groups is 1. The van der Waals surface area contributed by atoms with Crippen molar-refractivity contribution in [2.75, 3.05) is 33.3 Å². The number of methoxy groups -OCH3 is 1. The maximum absolute atomic E-state index is 13.7. The molecule has 1 saturated heterocycles. The summed E-state index contributed by atoms with van der Waals surface area (Å²) < 4.78 is 19.2. The SMILES string of the molecule is COc1cccc([C@@H]2CN(Cc3cccc(F)c3)C[C@H]2CN(CC(C)C)C(=O)C(C)C)c1. The summed E-state index contributed by atoms with van der Waals surface area (Å²) in [5, 5.41) is 0. The molecule has 0 radical (unpaired) electrons. The predicted octanol–water partition coefficient (Wildman–Crippen LogP) is 5.19. The van der Waals surface area contributed by atoms with Gasteiger partial charge in [-0.25, -0.2) is 4.39 Å². The van der Waals surface area contributed by atoms with Crippen LogP contribution >= 0.6 is 0 Å². The van der Waals surface area contributed by atoms with Gasteiger partial charge in [0.05, 0.1) is 7.11 Å². The van der Waals surface area contributed by atoms with Crippen LogP contribution in [0.3, 0.4) is 0 Å². The van der Waals surface area contributed by atoms with Gasteiger partial charge in [-0.3, -0.25) is 9.69 Å². The Hall–Kier alpha value is -2.40. The summed E-state index contributed by atoms with van der Waals surface area (Å²) in [7, 11) is 1.69. The first-order chi connectivity index (χ1) is 15.3. The van der Waals surface area contributed by atoms with Crippen LogP contribution in [-0.4, -0.2) is 49.0 Å². The Kier molecular flexibility index (Phi) is 8.30. The van der Waals surface area contributed by atoms with Crippen molar-refractivity contribution in [2.24, 2.45) is 17.8 Å². The van der Waals surface area contributed by atoms with Crippen LogP contribution in [0.4, 0.5) is 4.39 Å². The normalized spacial score (nSPS) is 19.0. The fraction of sp³-hybridized carbons (Fsp3) is 0.519. The minimum atomic E-state index is -0.201. The Balaban J connectivity index is 1.85. The van der Waals surface area contributed by atoms with Crippen LogP contribution in [0.2, 0.25) is 0 Å². The molecule has 0 aliphatic carbocycles. The van der Waals surface area contributed by atoms with E-state index < -0.39 is 0 Å². The smallest absolute Gasteiger partial charge is 0.225 e. The third kappa shape index (κ3) is 6.32. The van der Waals surface area contributed by atoms with Gasteiger partial charge in [0.25, 0.3) is 0 Å². The molecule has 0 spiro atoms. The number of hydrogen-bond acceptors (Lipinski definition) is 3. The largest absolute Gasteiger partial charge is 0.497 e. The van der Waals surface area contributed by atoms with Gasteiger partial charge < -0.3 is 9.64 Å². The van der Waals surface area contributed by atoms with Crippen LogP contribution in [0.15, 0.2) is 48.5 Å². The molecule has 32 heavy (non-hydrogen) atoms. The number of ether oxygens (including phenoxy) is 1. The van der Waals surface area contributed by atoms with Gasteiger partial charge in [0.2, 0.25) is 5.91 Å². The van der Waals surface area contributed by atoms with E-state index in [9.17, 15) is 9.18 Å². The minimum absolute atomic E-state index is 0.0196. The van der Waals surface area contributed by atoms with Crippen molar-refractivity contribution >= 4 is 5.91 Å². The lowest BCUT2D eigenvalue weighted by Crippen LogP contribution is -2.41. The van der Waals surface area contributed by atoms with Crippen LogP contribution in [-0.2, 0) is 11.3 Å². The van der Waals surface area contributed by atoms with E-state index in [1.807, 2.05) is 32.0 Å². The van der Waals surface area contributed by atoms with E-state index in [4.69, 9.17) is 4.74 Å². The summed E-state index contributed by atoms with van der Waals surface area (Å²) in [4.78, 5) is 17.4. The lowest BCUT2D eigenvalue weighted by Gasteiger charge is -2.31. The Morgan fingerprint density at radius 1 is 1.12 bits per heavy atom. The van der Waals surface area contributed by atoms with Crippen LogP contribution in [0.5, 0.6) is 5.75 Å². The summed E-state index contributed by atoms with van der Waals surface area (Å²) in [5.74, 6) is 1.85. The van der Waals surface area contributed by atoms with Gasteiger partial charge in [-0.1, -0.05) is 52.0 Å². The van der Waals surface area contributed by atoms with E-state index in [0.717, 1.165) is 37.5 Å². The van der Waals surface area contributed by atoms with Crippen LogP contribution in [0, 0.1) is 23.6 Å². The molecule has 0 saturated carbocycles. The average molecular weight is 441 g/mol. The van der Waals surface area contributed by atoms with E-state index in [-0.39, 0.29) is 23.6 Å². The topological polar surface area (TPSA) is 32.8 Å². The van der Waals surface area contributed by atoms with Crippen LogP contribution in [0.25, 0.3) is 0 Å². The molecule has 1 heterocycles. The molecule has 2 atom stereocenters. The standard InChI is InChI=1S/C27H37FN2O2/c1-19(2)14-30(27(31)20(3)4)17-23-16-29(15-21-8-6-10-24(28)12-21)18-26(23)22-9-7-11-25(13-22)32-5/h6-13,19-20,23,26H,14-18H2,1-5H3/t23-,26-/m0/s1. The highest BCUT2D eigenvalue weighted by Gasteiger charge is 2.36. The lowest BCUT2D eigenvalue weighted by molar-refractivity contribution is -0.135. The number of benzene rings is 2. The first-order valence-electron chi connectivity index (χ1n) is 11.7. The quantitative estimate of drug-likeness (QED) is 0.538. The third-order valence-electron chi connectivity index (χ3n) is 6.18. The highest BCUT2D eigenvalue weighted by atomic mass is 19.1. The Bertz CT molecular complexity index is 899. The second-order valence-corrected chi connectivity index (χ2v) is 9.76. The molecule has 1 amide bonds. The first kappa shape index (κ1) is 24.2. The van der Waals surface area contributed by atoms with Gasteiger partial charge in [-0.2, -0.15) is 0 Å². The fourth-order valence-electron chi connectivity index (χ4n) is 4.76. The highest BCUT2D eigenvalue weighted by Crippen LogP contribution is 2.36. The van der Waals surface area contributed by atoms with Crippen molar-refractivity contribution in [1.29, 1.82) is 0 Å².